The van der Waals surface area contributed by atoms with Crippen LogP contribution in [-0.4, -0.2) is 39.9 Å². The minimum Gasteiger partial charge on any atom is -0.462 e. The van der Waals surface area contributed by atoms with Crippen molar-refractivity contribution in [3.05, 3.63) is 33.2 Å². The smallest absolute Gasteiger partial charge is 0.351 e. The normalized spacial score (nSPS) is 22.0. The summed E-state index contributed by atoms with van der Waals surface area (Å²) in [5.41, 5.74) is 12.4. The van der Waals surface area contributed by atoms with E-state index in [1.165, 1.54) is 61.8 Å². The molecule has 0 saturated carbocycles. The monoisotopic (exact) mass is 562 g/mol. The van der Waals surface area contributed by atoms with Gasteiger partial charge in [-0.1, -0.05) is 90.1 Å². The van der Waals surface area contributed by atoms with Crippen molar-refractivity contribution in [1.82, 2.24) is 9.55 Å². The van der Waals surface area contributed by atoms with E-state index in [0.717, 1.165) is 19.3 Å². The summed E-state index contributed by atoms with van der Waals surface area (Å²) in [5, 5.41) is 3.80. The highest BCUT2D eigenvalue weighted by molar-refractivity contribution is 5.70. The van der Waals surface area contributed by atoms with Gasteiger partial charge >= 0.3 is 17.6 Å². The van der Waals surface area contributed by atoms with Crippen LogP contribution in [0.5, 0.6) is 0 Å². The van der Waals surface area contributed by atoms with Gasteiger partial charge in [0.25, 0.3) is 0 Å². The summed E-state index contributed by atoms with van der Waals surface area (Å²) in [6.07, 6.45) is 13.0. The molecule has 12 nitrogen and oxygen atoms in total. The maximum atomic E-state index is 12.6. The quantitative estimate of drug-likeness (QED) is 0.0707. The second-order valence-corrected chi connectivity index (χ2v) is 10.6. The van der Waals surface area contributed by atoms with Crippen LogP contribution in [-0.2, 0) is 23.8 Å². The van der Waals surface area contributed by atoms with Gasteiger partial charge in [0.15, 0.2) is 0 Å². The molecule has 0 unspecified atom stereocenters. The summed E-state index contributed by atoms with van der Waals surface area (Å²) in [6, 6.07) is 1.43. The predicted molar refractivity (Wildman–Crippen MR) is 151 cm³/mol. The number of unbranched alkanes of at least 4 members (excludes halogenated alkanes) is 10. The van der Waals surface area contributed by atoms with Gasteiger partial charge in [0, 0.05) is 29.9 Å². The van der Waals surface area contributed by atoms with Gasteiger partial charge in [-0.3, -0.25) is 14.2 Å². The Morgan fingerprint density at radius 3 is 2.25 bits per heavy atom. The molecule has 1 saturated heterocycles. The summed E-state index contributed by atoms with van der Waals surface area (Å²) in [6.45, 7) is 5.28. The Morgan fingerprint density at radius 2 is 1.68 bits per heavy atom. The lowest BCUT2D eigenvalue weighted by Crippen LogP contribution is -2.46. The van der Waals surface area contributed by atoms with E-state index in [4.69, 9.17) is 19.9 Å². The maximum Gasteiger partial charge on any atom is 0.351 e. The number of anilines is 1. The Hall–Kier alpha value is -3.11. The van der Waals surface area contributed by atoms with E-state index in [2.05, 4.69) is 21.9 Å². The lowest BCUT2D eigenvalue weighted by atomic mass is 9.97. The fourth-order valence-corrected chi connectivity index (χ4v) is 4.97. The molecule has 1 aliphatic heterocycles. The van der Waals surface area contributed by atoms with Crippen molar-refractivity contribution >= 4 is 17.8 Å². The molecule has 1 aromatic rings. The third-order valence-corrected chi connectivity index (χ3v) is 7.17. The lowest BCUT2D eigenvalue weighted by Gasteiger charge is -2.29. The average Bonchev–Trinajstić information content (AvgIpc) is 3.17. The predicted octanol–water partition coefficient (Wildman–Crippen LogP) is 5.95. The zero-order chi connectivity index (χ0) is 29.4. The number of carbonyl (C=O) groups is 2. The standard InChI is InChI=1S/C28H46N6O6/c1-4-6-7-8-9-10-11-12-13-14-15-17-23(35)38-20-28(32-33-30)25(39-24(36)16-5-2)21(3)26(40-28)34-19-18-22(29)31-27(34)37/h18-19,21,25-26H,4-17,20H2,1-3H3,(H2,29,31,37)/t21-,25-,26+,28+/m0/s1. The van der Waals surface area contributed by atoms with E-state index in [1.807, 2.05) is 6.92 Å². The van der Waals surface area contributed by atoms with Gasteiger partial charge in [0.1, 0.15) is 24.8 Å². The number of nitrogens with two attached hydrogens (primary N) is 1. The number of azide groups is 1. The zero-order valence-electron chi connectivity index (χ0n) is 24.3. The zero-order valence-corrected chi connectivity index (χ0v) is 24.3. The summed E-state index contributed by atoms with van der Waals surface area (Å²) in [4.78, 5) is 44.1. The van der Waals surface area contributed by atoms with E-state index in [9.17, 15) is 19.9 Å². The fraction of sp³-hybridized carbons (Fsp3) is 0.786. The molecule has 224 valence electrons. The molecule has 2 heterocycles. The number of aromatic nitrogens is 2. The summed E-state index contributed by atoms with van der Waals surface area (Å²) in [7, 11) is 0. The van der Waals surface area contributed by atoms with Crippen molar-refractivity contribution in [2.45, 2.75) is 129 Å². The molecule has 12 heteroatoms. The molecule has 1 aromatic heterocycles. The van der Waals surface area contributed by atoms with Crippen LogP contribution in [0.3, 0.4) is 0 Å². The van der Waals surface area contributed by atoms with Crippen molar-refractivity contribution in [1.29, 1.82) is 0 Å². The number of rotatable bonds is 19. The highest BCUT2D eigenvalue weighted by Gasteiger charge is 2.57. The molecule has 1 aliphatic rings. The van der Waals surface area contributed by atoms with Gasteiger partial charge in [0.05, 0.1) is 0 Å². The molecule has 40 heavy (non-hydrogen) atoms. The molecule has 2 rings (SSSR count). The fourth-order valence-electron chi connectivity index (χ4n) is 4.97. The number of nitrogens with zero attached hydrogens (tertiary/aromatic N) is 5. The van der Waals surface area contributed by atoms with Crippen LogP contribution in [0.4, 0.5) is 5.82 Å². The summed E-state index contributed by atoms with van der Waals surface area (Å²) >= 11 is 0. The summed E-state index contributed by atoms with van der Waals surface area (Å²) in [5.74, 6) is -1.58. The number of ether oxygens (including phenoxy) is 3. The van der Waals surface area contributed by atoms with Crippen LogP contribution in [0.1, 0.15) is 117 Å². The van der Waals surface area contributed by atoms with Crippen molar-refractivity contribution < 1.29 is 23.8 Å². The largest absolute Gasteiger partial charge is 0.462 e. The molecule has 0 aliphatic carbocycles. The topological polar surface area (TPSA) is 171 Å². The third-order valence-electron chi connectivity index (χ3n) is 7.17. The van der Waals surface area contributed by atoms with E-state index in [-0.39, 0.29) is 18.7 Å². The molecule has 0 bridgehead atoms. The van der Waals surface area contributed by atoms with E-state index < -0.39 is 48.2 Å². The molecular formula is C28H46N6O6. The van der Waals surface area contributed by atoms with Crippen LogP contribution >= 0.6 is 0 Å². The lowest BCUT2D eigenvalue weighted by molar-refractivity contribution is -0.177. The Balaban J connectivity index is 1.96. The minimum atomic E-state index is -1.85. The van der Waals surface area contributed by atoms with Gasteiger partial charge in [-0.2, -0.15) is 4.98 Å². The summed E-state index contributed by atoms with van der Waals surface area (Å²) < 4.78 is 18.4. The van der Waals surface area contributed by atoms with Crippen molar-refractivity contribution in [2.75, 3.05) is 12.3 Å². The van der Waals surface area contributed by atoms with Gasteiger partial charge in [-0.05, 0) is 24.4 Å². The minimum absolute atomic E-state index is 0.0375. The van der Waals surface area contributed by atoms with Crippen LogP contribution < -0.4 is 11.4 Å². The van der Waals surface area contributed by atoms with Crippen molar-refractivity contribution in [2.24, 2.45) is 11.0 Å². The van der Waals surface area contributed by atoms with Crippen molar-refractivity contribution in [3.8, 4) is 0 Å². The van der Waals surface area contributed by atoms with E-state index in [1.54, 1.807) is 6.92 Å². The average molecular weight is 563 g/mol. The SMILES string of the molecule is CCCCCCCCCCCCCC(=O)OC[C@@]1(N=[N+]=[N-])O[C@@H](n2ccc(N)nc2=O)[C@@H](C)[C@@H]1OC(=O)CCC. The number of hydrogen-bond donors (Lipinski definition) is 1. The second kappa shape index (κ2) is 17.6. The Bertz CT molecular complexity index is 1040. The number of esters is 2. The molecule has 1 fully saturated rings. The van der Waals surface area contributed by atoms with Gasteiger partial charge in [-0.25, -0.2) is 4.79 Å². The number of carbonyl (C=O) groups excluding carboxylic acids is 2. The van der Waals surface area contributed by atoms with E-state index >= 15 is 0 Å². The number of hydrogen-bond acceptors (Lipinski definition) is 9. The molecule has 0 aromatic carbocycles. The maximum absolute atomic E-state index is 12.6. The second-order valence-electron chi connectivity index (χ2n) is 10.6. The van der Waals surface area contributed by atoms with Gasteiger partial charge in [-0.15, -0.1) is 0 Å². The van der Waals surface area contributed by atoms with Crippen LogP contribution in [0.2, 0.25) is 0 Å². The molecule has 4 atom stereocenters. The highest BCUT2D eigenvalue weighted by Crippen LogP contribution is 2.44. The molecule has 0 amide bonds. The first-order valence-corrected chi connectivity index (χ1v) is 14.7. The molecular weight excluding hydrogens is 516 g/mol. The Labute approximate surface area is 236 Å². The highest BCUT2D eigenvalue weighted by atomic mass is 16.6. The first-order valence-electron chi connectivity index (χ1n) is 14.7. The van der Waals surface area contributed by atoms with Gasteiger partial charge in [0.2, 0.25) is 5.72 Å². The van der Waals surface area contributed by atoms with Gasteiger partial charge < -0.3 is 19.9 Å². The first kappa shape index (κ1) is 33.1. The molecule has 2 N–H and O–H groups in total. The Morgan fingerprint density at radius 1 is 1.05 bits per heavy atom. The first-order chi connectivity index (χ1) is 19.3. The van der Waals surface area contributed by atoms with Crippen LogP contribution in [0.15, 0.2) is 22.2 Å². The molecule has 0 spiro atoms. The third kappa shape index (κ3) is 10.1. The number of nitrogen functional groups attached to an aromatic ring is 1. The van der Waals surface area contributed by atoms with Crippen LogP contribution in [0.25, 0.3) is 10.4 Å². The van der Waals surface area contributed by atoms with Crippen LogP contribution in [0, 0.1) is 5.92 Å². The van der Waals surface area contributed by atoms with Crippen molar-refractivity contribution in [3.63, 3.8) is 0 Å². The van der Waals surface area contributed by atoms with E-state index in [0.29, 0.717) is 12.8 Å². The Kier molecular flexibility index (Phi) is 14.5. The molecule has 0 radical (unpaired) electrons.